The van der Waals surface area contributed by atoms with Crippen LogP contribution in [0.15, 0.2) is 48.5 Å². The summed E-state index contributed by atoms with van der Waals surface area (Å²) in [7, 11) is 0. The van der Waals surface area contributed by atoms with Gasteiger partial charge in [-0.1, -0.05) is 36.4 Å². The van der Waals surface area contributed by atoms with Crippen LogP contribution in [0.4, 0.5) is 5.69 Å². The highest BCUT2D eigenvalue weighted by atomic mass is 32.1. The standard InChI is InChI=1S/C20H15NO5S2/c22-15(23)10-26-16-18-17(28-19(16)20(24)25)13-7-6-12(8-14(13)27-18)21-9-11-4-2-1-3-5-11/h1-8,21H,9-10H2,(H,22,23)(H,24,25). The highest BCUT2D eigenvalue weighted by Gasteiger charge is 2.23. The monoisotopic (exact) mass is 413 g/mol. The van der Waals surface area contributed by atoms with Crippen molar-refractivity contribution in [2.45, 2.75) is 6.54 Å². The fourth-order valence-corrected chi connectivity index (χ4v) is 5.43. The van der Waals surface area contributed by atoms with Gasteiger partial charge < -0.3 is 20.3 Å². The van der Waals surface area contributed by atoms with Gasteiger partial charge >= 0.3 is 11.9 Å². The Morgan fingerprint density at radius 3 is 2.50 bits per heavy atom. The first-order valence-corrected chi connectivity index (χ1v) is 10.0. The number of aliphatic carboxylic acids is 1. The van der Waals surface area contributed by atoms with Gasteiger partial charge in [0.25, 0.3) is 0 Å². The van der Waals surface area contributed by atoms with E-state index in [9.17, 15) is 14.7 Å². The molecule has 0 aliphatic carbocycles. The molecule has 0 unspecified atom stereocenters. The van der Waals surface area contributed by atoms with Gasteiger partial charge in [-0.05, 0) is 17.7 Å². The van der Waals surface area contributed by atoms with E-state index >= 15 is 0 Å². The van der Waals surface area contributed by atoms with E-state index in [1.807, 2.05) is 48.5 Å². The minimum Gasteiger partial charge on any atom is -0.479 e. The molecule has 8 heteroatoms. The van der Waals surface area contributed by atoms with E-state index in [1.165, 1.54) is 16.9 Å². The number of aromatic carboxylic acids is 1. The summed E-state index contributed by atoms with van der Waals surface area (Å²) >= 11 is 2.51. The van der Waals surface area contributed by atoms with E-state index in [0.29, 0.717) is 11.2 Å². The Kier molecular flexibility index (Phi) is 4.89. The van der Waals surface area contributed by atoms with Crippen molar-refractivity contribution in [3.05, 3.63) is 59.0 Å². The zero-order valence-electron chi connectivity index (χ0n) is 14.5. The fourth-order valence-electron chi connectivity index (χ4n) is 2.89. The van der Waals surface area contributed by atoms with Crippen LogP contribution in [0.25, 0.3) is 19.5 Å². The Hall–Kier alpha value is -3.10. The Labute approximate surface area is 167 Å². The summed E-state index contributed by atoms with van der Waals surface area (Å²) in [6.45, 7) is 0.118. The number of ether oxygens (including phenoxy) is 1. The molecule has 4 rings (SSSR count). The molecule has 2 aromatic heterocycles. The zero-order chi connectivity index (χ0) is 19.7. The van der Waals surface area contributed by atoms with E-state index in [1.54, 1.807) is 0 Å². The van der Waals surface area contributed by atoms with Gasteiger partial charge in [0.15, 0.2) is 17.2 Å². The fraction of sp³-hybridized carbons (Fsp3) is 0.100. The maximum absolute atomic E-state index is 11.5. The lowest BCUT2D eigenvalue weighted by molar-refractivity contribution is -0.139. The molecule has 0 aliphatic rings. The summed E-state index contributed by atoms with van der Waals surface area (Å²) in [5, 5.41) is 22.6. The Morgan fingerprint density at radius 1 is 1.00 bits per heavy atom. The van der Waals surface area contributed by atoms with E-state index < -0.39 is 18.5 Å². The van der Waals surface area contributed by atoms with Gasteiger partial charge in [0.1, 0.15) is 0 Å². The van der Waals surface area contributed by atoms with Crippen LogP contribution in [-0.2, 0) is 11.3 Å². The molecule has 0 spiro atoms. The lowest BCUT2D eigenvalue weighted by Gasteiger charge is -2.06. The first-order chi connectivity index (χ1) is 13.5. The van der Waals surface area contributed by atoms with Gasteiger partial charge in [0.2, 0.25) is 0 Å². The first-order valence-electron chi connectivity index (χ1n) is 8.37. The van der Waals surface area contributed by atoms with Gasteiger partial charge in [0, 0.05) is 22.3 Å². The van der Waals surface area contributed by atoms with Crippen molar-refractivity contribution in [2.75, 3.05) is 11.9 Å². The van der Waals surface area contributed by atoms with E-state index in [2.05, 4.69) is 5.32 Å². The van der Waals surface area contributed by atoms with E-state index in [0.717, 1.165) is 31.8 Å². The van der Waals surface area contributed by atoms with Gasteiger partial charge in [0.05, 0.1) is 9.40 Å². The van der Waals surface area contributed by atoms with Crippen molar-refractivity contribution >= 4 is 59.8 Å². The SMILES string of the molecule is O=C(O)COc1c(C(=O)O)sc2c1sc1cc(NCc3ccccc3)ccc12. The number of benzene rings is 2. The second kappa shape index (κ2) is 7.49. The number of carbonyl (C=O) groups is 2. The molecule has 0 atom stereocenters. The number of anilines is 1. The number of carboxylic acids is 2. The second-order valence-electron chi connectivity index (χ2n) is 6.06. The highest BCUT2D eigenvalue weighted by molar-refractivity contribution is 7.34. The number of nitrogens with one attached hydrogen (secondary N) is 1. The van der Waals surface area contributed by atoms with Crippen LogP contribution >= 0.6 is 22.7 Å². The molecular formula is C20H15NO5S2. The average Bonchev–Trinajstić information content (AvgIpc) is 3.21. The molecule has 0 amide bonds. The number of hydrogen-bond acceptors (Lipinski definition) is 6. The molecule has 0 aliphatic heterocycles. The van der Waals surface area contributed by atoms with E-state index in [4.69, 9.17) is 9.84 Å². The molecule has 6 nitrogen and oxygen atoms in total. The van der Waals surface area contributed by atoms with Crippen LogP contribution < -0.4 is 10.1 Å². The summed E-state index contributed by atoms with van der Waals surface area (Å²) in [5.74, 6) is -2.14. The maximum atomic E-state index is 11.5. The molecule has 2 aromatic carbocycles. The van der Waals surface area contributed by atoms with Crippen molar-refractivity contribution in [1.29, 1.82) is 0 Å². The first kappa shape index (κ1) is 18.3. The molecule has 0 bridgehead atoms. The Morgan fingerprint density at radius 2 is 1.79 bits per heavy atom. The predicted octanol–water partition coefficient (Wildman–Crippen LogP) is 4.89. The van der Waals surface area contributed by atoms with Crippen molar-refractivity contribution in [1.82, 2.24) is 0 Å². The van der Waals surface area contributed by atoms with E-state index in [-0.39, 0.29) is 10.6 Å². The number of hydrogen-bond donors (Lipinski definition) is 3. The van der Waals surface area contributed by atoms with Crippen molar-refractivity contribution in [2.24, 2.45) is 0 Å². The van der Waals surface area contributed by atoms with Crippen molar-refractivity contribution in [3.8, 4) is 5.75 Å². The summed E-state index contributed by atoms with van der Waals surface area (Å²) in [5.41, 5.74) is 2.13. The lowest BCUT2D eigenvalue weighted by Crippen LogP contribution is -2.10. The van der Waals surface area contributed by atoms with Gasteiger partial charge in [-0.2, -0.15) is 0 Å². The highest BCUT2D eigenvalue weighted by Crippen LogP contribution is 2.47. The van der Waals surface area contributed by atoms with Gasteiger partial charge in [-0.25, -0.2) is 9.59 Å². The lowest BCUT2D eigenvalue weighted by atomic mass is 10.2. The Bertz CT molecular complexity index is 1180. The Balaban J connectivity index is 1.69. The molecule has 0 saturated carbocycles. The van der Waals surface area contributed by atoms with Crippen LogP contribution in [-0.4, -0.2) is 28.8 Å². The van der Waals surface area contributed by atoms with Crippen LogP contribution in [0.2, 0.25) is 0 Å². The molecular weight excluding hydrogens is 398 g/mol. The third-order valence-corrected chi connectivity index (χ3v) is 6.61. The minimum absolute atomic E-state index is 0.0238. The largest absolute Gasteiger partial charge is 0.479 e. The van der Waals surface area contributed by atoms with Crippen LogP contribution in [0.5, 0.6) is 5.75 Å². The summed E-state index contributed by atoms with van der Waals surface area (Å²) < 4.78 is 7.75. The number of thiophene rings is 2. The van der Waals surface area contributed by atoms with Gasteiger partial charge in [-0.15, -0.1) is 22.7 Å². The topological polar surface area (TPSA) is 95.9 Å². The van der Waals surface area contributed by atoms with Crippen LogP contribution in [0.3, 0.4) is 0 Å². The number of carboxylic acid groups (broad SMARTS) is 2. The summed E-state index contributed by atoms with van der Waals surface area (Å²) in [6, 6.07) is 16.0. The minimum atomic E-state index is -1.15. The summed E-state index contributed by atoms with van der Waals surface area (Å²) in [6.07, 6.45) is 0. The smallest absolute Gasteiger partial charge is 0.349 e. The summed E-state index contributed by atoms with van der Waals surface area (Å²) in [4.78, 5) is 22.4. The quantitative estimate of drug-likeness (QED) is 0.399. The second-order valence-corrected chi connectivity index (χ2v) is 8.13. The molecule has 4 aromatic rings. The molecule has 3 N–H and O–H groups in total. The third-order valence-electron chi connectivity index (χ3n) is 4.13. The molecule has 142 valence electrons. The molecule has 28 heavy (non-hydrogen) atoms. The third kappa shape index (κ3) is 3.51. The molecule has 2 heterocycles. The maximum Gasteiger partial charge on any atom is 0.349 e. The molecule has 0 radical (unpaired) electrons. The number of rotatable bonds is 7. The molecule has 0 saturated heterocycles. The average molecular weight is 413 g/mol. The van der Waals surface area contributed by atoms with Crippen molar-refractivity contribution < 1.29 is 24.5 Å². The molecule has 0 fully saturated rings. The van der Waals surface area contributed by atoms with Crippen LogP contribution in [0.1, 0.15) is 15.2 Å². The van der Waals surface area contributed by atoms with Crippen LogP contribution in [0, 0.1) is 0 Å². The van der Waals surface area contributed by atoms with Crippen molar-refractivity contribution in [3.63, 3.8) is 0 Å². The van der Waals surface area contributed by atoms with Gasteiger partial charge in [-0.3, -0.25) is 0 Å². The predicted molar refractivity (Wildman–Crippen MR) is 111 cm³/mol. The number of fused-ring (bicyclic) bond motifs is 3. The normalized spacial score (nSPS) is 11.0. The zero-order valence-corrected chi connectivity index (χ0v) is 16.1.